The van der Waals surface area contributed by atoms with Crippen molar-refractivity contribution in [2.45, 2.75) is 13.0 Å². The van der Waals surface area contributed by atoms with Crippen LogP contribution in [0.2, 0.25) is 0 Å². The van der Waals surface area contributed by atoms with Gasteiger partial charge in [-0.15, -0.1) is 0 Å². The molecular formula is C19H22F2N4O2. The number of carbonyl (C=O) groups is 2. The van der Waals surface area contributed by atoms with Crippen molar-refractivity contribution in [2.24, 2.45) is 0 Å². The van der Waals surface area contributed by atoms with Crippen LogP contribution in [0.25, 0.3) is 0 Å². The Hall–Kier alpha value is -3.00. The lowest BCUT2D eigenvalue weighted by Gasteiger charge is -2.25. The van der Waals surface area contributed by atoms with E-state index >= 15 is 0 Å². The molecule has 0 spiro atoms. The van der Waals surface area contributed by atoms with Crippen molar-refractivity contribution in [3.05, 3.63) is 59.7 Å². The summed E-state index contributed by atoms with van der Waals surface area (Å²) >= 11 is 0. The van der Waals surface area contributed by atoms with Crippen LogP contribution in [-0.4, -0.2) is 37.5 Å². The van der Waals surface area contributed by atoms with Crippen LogP contribution in [0.5, 0.6) is 0 Å². The number of amides is 3. The maximum atomic E-state index is 13.7. The topological polar surface area (TPSA) is 73.5 Å². The quantitative estimate of drug-likeness (QED) is 0.724. The van der Waals surface area contributed by atoms with Crippen molar-refractivity contribution in [1.29, 1.82) is 0 Å². The highest BCUT2D eigenvalue weighted by Gasteiger charge is 2.16. The van der Waals surface area contributed by atoms with Crippen LogP contribution in [0.3, 0.4) is 0 Å². The summed E-state index contributed by atoms with van der Waals surface area (Å²) in [6.45, 7) is 1.50. The standard InChI is InChI=1S/C19H22F2N4O2/c1-12(26)23-17-10-15(7-8-16(17)21)24-19(27)22-11-18(25(2)3)13-5-4-6-14(20)9-13/h4-10,18H,11H2,1-3H3,(H,23,26)(H2,22,24,27). The summed E-state index contributed by atoms with van der Waals surface area (Å²) in [7, 11) is 3.66. The molecule has 1 atom stereocenters. The Morgan fingerprint density at radius 2 is 1.81 bits per heavy atom. The molecule has 8 heteroatoms. The lowest BCUT2D eigenvalue weighted by Crippen LogP contribution is -2.37. The third-order valence-corrected chi connectivity index (χ3v) is 3.85. The predicted molar refractivity (Wildman–Crippen MR) is 101 cm³/mol. The number of hydrogen-bond acceptors (Lipinski definition) is 3. The van der Waals surface area contributed by atoms with Crippen LogP contribution in [-0.2, 0) is 4.79 Å². The first kappa shape index (κ1) is 20.3. The summed E-state index contributed by atoms with van der Waals surface area (Å²) < 4.78 is 27.1. The van der Waals surface area contributed by atoms with E-state index in [1.165, 1.54) is 31.2 Å². The summed E-state index contributed by atoms with van der Waals surface area (Å²) in [4.78, 5) is 25.1. The fourth-order valence-electron chi connectivity index (χ4n) is 2.57. The van der Waals surface area contributed by atoms with Crippen LogP contribution in [0, 0.1) is 11.6 Å². The van der Waals surface area contributed by atoms with Crippen molar-refractivity contribution in [2.75, 3.05) is 31.3 Å². The second kappa shape index (κ2) is 9.09. The zero-order valence-corrected chi connectivity index (χ0v) is 15.3. The minimum atomic E-state index is -0.602. The molecule has 0 saturated carbocycles. The second-order valence-corrected chi connectivity index (χ2v) is 6.25. The molecule has 0 aliphatic rings. The molecule has 27 heavy (non-hydrogen) atoms. The molecule has 3 N–H and O–H groups in total. The molecule has 0 radical (unpaired) electrons. The maximum Gasteiger partial charge on any atom is 0.319 e. The number of rotatable bonds is 6. The first-order valence-corrected chi connectivity index (χ1v) is 8.30. The first-order chi connectivity index (χ1) is 12.8. The van der Waals surface area contributed by atoms with Crippen molar-refractivity contribution < 1.29 is 18.4 Å². The molecule has 0 bridgehead atoms. The van der Waals surface area contributed by atoms with Gasteiger partial charge in [-0.3, -0.25) is 4.79 Å². The molecule has 144 valence electrons. The summed E-state index contributed by atoms with van der Waals surface area (Å²) in [6.07, 6.45) is 0. The Morgan fingerprint density at radius 3 is 2.44 bits per heavy atom. The smallest absolute Gasteiger partial charge is 0.319 e. The summed E-state index contributed by atoms with van der Waals surface area (Å²) in [5.41, 5.74) is 1.03. The van der Waals surface area contributed by atoms with Gasteiger partial charge in [0.15, 0.2) is 0 Å². The molecule has 0 aromatic heterocycles. The van der Waals surface area contributed by atoms with E-state index in [4.69, 9.17) is 0 Å². The molecule has 2 aromatic carbocycles. The van der Waals surface area contributed by atoms with E-state index in [1.54, 1.807) is 12.1 Å². The van der Waals surface area contributed by atoms with Crippen LogP contribution in [0.4, 0.5) is 25.0 Å². The van der Waals surface area contributed by atoms with Crippen molar-refractivity contribution in [3.8, 4) is 0 Å². The van der Waals surface area contributed by atoms with E-state index in [0.717, 1.165) is 11.6 Å². The summed E-state index contributed by atoms with van der Waals surface area (Å²) in [5.74, 6) is -1.37. The molecule has 0 fully saturated rings. The average molecular weight is 376 g/mol. The third-order valence-electron chi connectivity index (χ3n) is 3.85. The number of nitrogens with zero attached hydrogens (tertiary/aromatic N) is 1. The highest BCUT2D eigenvalue weighted by Crippen LogP contribution is 2.20. The van der Waals surface area contributed by atoms with Crippen LogP contribution >= 0.6 is 0 Å². The number of halogens is 2. The number of likely N-dealkylation sites (N-methyl/N-ethyl adjacent to an activating group) is 1. The zero-order valence-electron chi connectivity index (χ0n) is 15.3. The average Bonchev–Trinajstić information content (AvgIpc) is 2.57. The number of hydrogen-bond donors (Lipinski definition) is 3. The van der Waals surface area contributed by atoms with Gasteiger partial charge in [-0.2, -0.15) is 0 Å². The molecule has 6 nitrogen and oxygen atoms in total. The fraction of sp³-hybridized carbons (Fsp3) is 0.263. The number of anilines is 2. The van der Waals surface area contributed by atoms with Gasteiger partial charge in [0.1, 0.15) is 11.6 Å². The predicted octanol–water partition coefficient (Wildman–Crippen LogP) is 3.35. The van der Waals surface area contributed by atoms with E-state index in [2.05, 4.69) is 16.0 Å². The largest absolute Gasteiger partial charge is 0.336 e. The van der Waals surface area contributed by atoms with Gasteiger partial charge in [0.25, 0.3) is 0 Å². The second-order valence-electron chi connectivity index (χ2n) is 6.25. The molecule has 2 aromatic rings. The van der Waals surface area contributed by atoms with E-state index in [1.807, 2.05) is 19.0 Å². The van der Waals surface area contributed by atoms with Gasteiger partial charge in [-0.25, -0.2) is 13.6 Å². The van der Waals surface area contributed by atoms with E-state index < -0.39 is 17.8 Å². The van der Waals surface area contributed by atoms with Crippen LogP contribution < -0.4 is 16.0 Å². The monoisotopic (exact) mass is 376 g/mol. The van der Waals surface area contributed by atoms with E-state index in [-0.39, 0.29) is 24.1 Å². The van der Waals surface area contributed by atoms with Crippen LogP contribution in [0.1, 0.15) is 18.5 Å². The highest BCUT2D eigenvalue weighted by atomic mass is 19.1. The molecule has 3 amide bonds. The van der Waals surface area contributed by atoms with Gasteiger partial charge in [0.05, 0.1) is 11.7 Å². The van der Waals surface area contributed by atoms with Gasteiger partial charge in [-0.05, 0) is 50.0 Å². The van der Waals surface area contributed by atoms with Crippen LogP contribution in [0.15, 0.2) is 42.5 Å². The number of benzene rings is 2. The molecule has 0 saturated heterocycles. The Labute approximate surface area is 156 Å². The van der Waals surface area contributed by atoms with Gasteiger partial charge < -0.3 is 20.9 Å². The van der Waals surface area contributed by atoms with Gasteiger partial charge in [-0.1, -0.05) is 12.1 Å². The molecule has 0 aliphatic carbocycles. The van der Waals surface area contributed by atoms with Gasteiger partial charge in [0.2, 0.25) is 5.91 Å². The summed E-state index contributed by atoms with van der Waals surface area (Å²) in [6, 6.07) is 9.31. The van der Waals surface area contributed by atoms with Crippen molar-refractivity contribution >= 4 is 23.3 Å². The minimum Gasteiger partial charge on any atom is -0.336 e. The van der Waals surface area contributed by atoms with Crippen molar-refractivity contribution in [1.82, 2.24) is 10.2 Å². The minimum absolute atomic E-state index is 0.0220. The Bertz CT molecular complexity index is 827. The molecule has 1 unspecified atom stereocenters. The number of carbonyl (C=O) groups excluding carboxylic acids is 2. The lowest BCUT2D eigenvalue weighted by atomic mass is 10.1. The molecule has 2 rings (SSSR count). The SMILES string of the molecule is CC(=O)Nc1cc(NC(=O)NCC(c2cccc(F)c2)N(C)C)ccc1F. The maximum absolute atomic E-state index is 13.7. The number of nitrogens with one attached hydrogen (secondary N) is 3. The molecular weight excluding hydrogens is 354 g/mol. The third kappa shape index (κ3) is 6.03. The highest BCUT2D eigenvalue weighted by molar-refractivity contribution is 5.92. The lowest BCUT2D eigenvalue weighted by molar-refractivity contribution is -0.114. The Morgan fingerprint density at radius 1 is 1.07 bits per heavy atom. The number of urea groups is 1. The zero-order chi connectivity index (χ0) is 20.0. The van der Waals surface area contributed by atoms with E-state index in [9.17, 15) is 18.4 Å². The van der Waals surface area contributed by atoms with E-state index in [0.29, 0.717) is 5.69 Å². The molecule has 0 heterocycles. The Balaban J connectivity index is 2.01. The van der Waals surface area contributed by atoms with Gasteiger partial charge >= 0.3 is 6.03 Å². The molecule has 0 aliphatic heterocycles. The van der Waals surface area contributed by atoms with Gasteiger partial charge in [0, 0.05) is 19.2 Å². The normalized spacial score (nSPS) is 11.8. The first-order valence-electron chi connectivity index (χ1n) is 8.30. The van der Waals surface area contributed by atoms with Crippen molar-refractivity contribution in [3.63, 3.8) is 0 Å². The Kier molecular flexibility index (Phi) is 6.84. The fourth-order valence-corrected chi connectivity index (χ4v) is 2.57. The summed E-state index contributed by atoms with van der Waals surface area (Å²) in [5, 5.41) is 7.64.